The number of nitrogens with zero attached hydrogens (tertiary/aromatic N) is 2. The topological polar surface area (TPSA) is 59.0 Å². The molecule has 2 N–H and O–H groups in total. The molecule has 0 saturated heterocycles. The summed E-state index contributed by atoms with van der Waals surface area (Å²) in [5.41, 5.74) is 2.82. The molecule has 2 aromatic rings. The first-order valence-electron chi connectivity index (χ1n) is 7.45. The molecular formula is C16H20N4OS. The third-order valence-electron chi connectivity index (χ3n) is 3.73. The SMILES string of the molecule is CSc1ccccc1C(=O)NCc1cc2n(n1)CCCNC2. The van der Waals surface area contributed by atoms with E-state index in [0.29, 0.717) is 6.54 Å². The number of fused-ring (bicyclic) bond motifs is 1. The number of hydrogen-bond donors (Lipinski definition) is 2. The molecule has 22 heavy (non-hydrogen) atoms. The Balaban J connectivity index is 1.66. The zero-order chi connectivity index (χ0) is 15.4. The van der Waals surface area contributed by atoms with Crippen LogP contribution < -0.4 is 10.6 Å². The molecule has 1 aliphatic heterocycles. The summed E-state index contributed by atoms with van der Waals surface area (Å²) >= 11 is 1.58. The van der Waals surface area contributed by atoms with Gasteiger partial charge in [0.05, 0.1) is 23.5 Å². The van der Waals surface area contributed by atoms with Crippen LogP contribution in [0.5, 0.6) is 0 Å². The molecule has 3 rings (SSSR count). The molecule has 0 atom stereocenters. The van der Waals surface area contributed by atoms with Gasteiger partial charge < -0.3 is 10.6 Å². The molecule has 0 fully saturated rings. The fraction of sp³-hybridized carbons (Fsp3) is 0.375. The van der Waals surface area contributed by atoms with E-state index in [-0.39, 0.29) is 5.91 Å². The molecule has 0 bridgehead atoms. The van der Waals surface area contributed by atoms with Crippen molar-refractivity contribution in [1.29, 1.82) is 0 Å². The summed E-state index contributed by atoms with van der Waals surface area (Å²) in [7, 11) is 0. The maximum Gasteiger partial charge on any atom is 0.252 e. The average Bonchev–Trinajstić information content (AvgIpc) is 2.82. The van der Waals surface area contributed by atoms with E-state index < -0.39 is 0 Å². The average molecular weight is 316 g/mol. The van der Waals surface area contributed by atoms with E-state index in [1.807, 2.05) is 35.2 Å². The number of aromatic nitrogens is 2. The zero-order valence-corrected chi connectivity index (χ0v) is 13.4. The Labute approximate surface area is 134 Å². The van der Waals surface area contributed by atoms with Gasteiger partial charge in [0, 0.05) is 18.0 Å². The summed E-state index contributed by atoms with van der Waals surface area (Å²) in [6.07, 6.45) is 3.06. The van der Waals surface area contributed by atoms with Crippen molar-refractivity contribution in [2.24, 2.45) is 0 Å². The normalized spacial score (nSPS) is 14.2. The van der Waals surface area contributed by atoms with Gasteiger partial charge in [0.15, 0.2) is 0 Å². The van der Waals surface area contributed by atoms with Gasteiger partial charge in [-0.2, -0.15) is 5.10 Å². The molecular weight excluding hydrogens is 296 g/mol. The van der Waals surface area contributed by atoms with Crippen molar-refractivity contribution in [3.63, 3.8) is 0 Å². The van der Waals surface area contributed by atoms with E-state index in [9.17, 15) is 4.79 Å². The first-order valence-corrected chi connectivity index (χ1v) is 8.68. The van der Waals surface area contributed by atoms with E-state index in [1.54, 1.807) is 11.8 Å². The maximum atomic E-state index is 12.3. The summed E-state index contributed by atoms with van der Waals surface area (Å²) in [6, 6.07) is 9.72. The van der Waals surface area contributed by atoms with Gasteiger partial charge in [-0.15, -0.1) is 11.8 Å². The lowest BCUT2D eigenvalue weighted by Crippen LogP contribution is -2.23. The Bertz CT molecular complexity index is 644. The molecule has 2 heterocycles. The van der Waals surface area contributed by atoms with E-state index in [2.05, 4.69) is 21.8 Å². The molecule has 5 nitrogen and oxygen atoms in total. The first kappa shape index (κ1) is 15.1. The number of hydrogen-bond acceptors (Lipinski definition) is 4. The largest absolute Gasteiger partial charge is 0.346 e. The van der Waals surface area contributed by atoms with Gasteiger partial charge in [0.25, 0.3) is 5.91 Å². The number of thioether (sulfide) groups is 1. The lowest BCUT2D eigenvalue weighted by atomic mass is 10.2. The van der Waals surface area contributed by atoms with Crippen LogP contribution in [0.1, 0.15) is 28.2 Å². The van der Waals surface area contributed by atoms with Crippen LogP contribution in [-0.2, 0) is 19.6 Å². The first-order chi connectivity index (χ1) is 10.8. The second-order valence-electron chi connectivity index (χ2n) is 5.26. The lowest BCUT2D eigenvalue weighted by Gasteiger charge is -2.07. The van der Waals surface area contributed by atoms with Gasteiger partial charge in [-0.05, 0) is 37.4 Å². The Kier molecular flexibility index (Phi) is 4.80. The second-order valence-corrected chi connectivity index (χ2v) is 6.11. The van der Waals surface area contributed by atoms with Gasteiger partial charge in [-0.25, -0.2) is 0 Å². The lowest BCUT2D eigenvalue weighted by molar-refractivity contribution is 0.0947. The Morgan fingerprint density at radius 3 is 3.18 bits per heavy atom. The highest BCUT2D eigenvalue weighted by Crippen LogP contribution is 2.19. The minimum absolute atomic E-state index is 0.0498. The second kappa shape index (κ2) is 6.98. The molecule has 0 spiro atoms. The molecule has 1 aromatic carbocycles. The minimum Gasteiger partial charge on any atom is -0.346 e. The van der Waals surface area contributed by atoms with Crippen molar-refractivity contribution in [3.05, 3.63) is 47.3 Å². The van der Waals surface area contributed by atoms with Gasteiger partial charge in [0.2, 0.25) is 0 Å². The third kappa shape index (κ3) is 3.34. The molecule has 6 heteroatoms. The van der Waals surface area contributed by atoms with Crippen molar-refractivity contribution in [2.45, 2.75) is 31.0 Å². The van der Waals surface area contributed by atoms with Gasteiger partial charge >= 0.3 is 0 Å². The predicted octanol–water partition coefficient (Wildman–Crippen LogP) is 2.03. The monoisotopic (exact) mass is 316 g/mol. The van der Waals surface area contributed by atoms with E-state index in [4.69, 9.17) is 0 Å². The number of carbonyl (C=O) groups is 1. The maximum absolute atomic E-state index is 12.3. The summed E-state index contributed by atoms with van der Waals surface area (Å²) < 4.78 is 2.04. The quantitative estimate of drug-likeness (QED) is 0.848. The van der Waals surface area contributed by atoms with Crippen LogP contribution in [0.2, 0.25) is 0 Å². The number of aryl methyl sites for hydroxylation is 1. The van der Waals surface area contributed by atoms with Gasteiger partial charge in [-0.3, -0.25) is 9.48 Å². The number of amides is 1. The third-order valence-corrected chi connectivity index (χ3v) is 4.52. The molecule has 1 aliphatic rings. The smallest absolute Gasteiger partial charge is 0.252 e. The van der Waals surface area contributed by atoms with Crippen molar-refractivity contribution in [2.75, 3.05) is 12.8 Å². The Morgan fingerprint density at radius 2 is 2.32 bits per heavy atom. The highest BCUT2D eigenvalue weighted by Gasteiger charge is 2.13. The molecule has 0 aliphatic carbocycles. The number of nitrogens with one attached hydrogen (secondary N) is 2. The molecule has 0 unspecified atom stereocenters. The Morgan fingerprint density at radius 1 is 1.45 bits per heavy atom. The van der Waals surface area contributed by atoms with Gasteiger partial charge in [0.1, 0.15) is 0 Å². The van der Waals surface area contributed by atoms with Crippen LogP contribution >= 0.6 is 11.8 Å². The fourth-order valence-electron chi connectivity index (χ4n) is 2.61. The fourth-order valence-corrected chi connectivity index (χ4v) is 3.20. The predicted molar refractivity (Wildman–Crippen MR) is 87.9 cm³/mol. The summed E-state index contributed by atoms with van der Waals surface area (Å²) in [5.74, 6) is -0.0498. The standard InChI is InChI=1S/C16H20N4OS/c1-22-15-6-3-2-5-14(15)16(21)18-10-12-9-13-11-17-7-4-8-20(13)19-12/h2-3,5-6,9,17H,4,7-8,10-11H2,1H3,(H,18,21). The number of benzene rings is 1. The molecule has 1 amide bonds. The molecule has 116 valence electrons. The van der Waals surface area contributed by atoms with E-state index in [1.165, 1.54) is 5.69 Å². The van der Waals surface area contributed by atoms with Crippen molar-refractivity contribution in [3.8, 4) is 0 Å². The molecule has 1 aromatic heterocycles. The van der Waals surface area contributed by atoms with E-state index in [0.717, 1.165) is 42.2 Å². The molecule has 0 radical (unpaired) electrons. The van der Waals surface area contributed by atoms with Crippen LogP contribution in [-0.4, -0.2) is 28.5 Å². The minimum atomic E-state index is -0.0498. The zero-order valence-electron chi connectivity index (χ0n) is 12.6. The Hall–Kier alpha value is -1.79. The van der Waals surface area contributed by atoms with Gasteiger partial charge in [-0.1, -0.05) is 12.1 Å². The van der Waals surface area contributed by atoms with Crippen molar-refractivity contribution >= 4 is 17.7 Å². The van der Waals surface area contributed by atoms with Crippen LogP contribution in [0.25, 0.3) is 0 Å². The number of carbonyl (C=O) groups excluding carboxylic acids is 1. The highest BCUT2D eigenvalue weighted by atomic mass is 32.2. The van der Waals surface area contributed by atoms with Crippen LogP contribution in [0.3, 0.4) is 0 Å². The summed E-state index contributed by atoms with van der Waals surface area (Å²) in [6.45, 7) is 3.27. The van der Waals surface area contributed by atoms with Crippen LogP contribution in [0.15, 0.2) is 35.2 Å². The van der Waals surface area contributed by atoms with Crippen LogP contribution in [0, 0.1) is 0 Å². The number of rotatable bonds is 4. The van der Waals surface area contributed by atoms with Crippen molar-refractivity contribution in [1.82, 2.24) is 20.4 Å². The van der Waals surface area contributed by atoms with Crippen LogP contribution in [0.4, 0.5) is 0 Å². The van der Waals surface area contributed by atoms with E-state index >= 15 is 0 Å². The summed E-state index contributed by atoms with van der Waals surface area (Å²) in [4.78, 5) is 13.3. The molecule has 0 saturated carbocycles. The highest BCUT2D eigenvalue weighted by molar-refractivity contribution is 7.98. The summed E-state index contributed by atoms with van der Waals surface area (Å²) in [5, 5.41) is 10.9. The van der Waals surface area contributed by atoms with Crippen molar-refractivity contribution < 1.29 is 4.79 Å².